The zero-order chi connectivity index (χ0) is 20.7. The van der Waals surface area contributed by atoms with E-state index in [-0.39, 0.29) is 23.1 Å². The lowest BCUT2D eigenvalue weighted by atomic mass is 10.2. The van der Waals surface area contributed by atoms with E-state index in [1.165, 1.54) is 6.07 Å². The Bertz CT molecular complexity index is 908. The van der Waals surface area contributed by atoms with Gasteiger partial charge in [-0.15, -0.1) is 0 Å². The van der Waals surface area contributed by atoms with Crippen LogP contribution in [-0.4, -0.2) is 22.5 Å². The Labute approximate surface area is 177 Å². The smallest absolute Gasteiger partial charge is 0.274 e. The number of hydrogen-bond donors (Lipinski definition) is 2. The molecule has 148 valence electrons. The van der Waals surface area contributed by atoms with E-state index >= 15 is 0 Å². The fourth-order valence-corrected chi connectivity index (χ4v) is 2.94. The number of nitrogens with zero attached hydrogens (tertiary/aromatic N) is 1. The van der Waals surface area contributed by atoms with E-state index in [1.807, 2.05) is 0 Å². The van der Waals surface area contributed by atoms with Crippen LogP contribution in [0.4, 0.5) is 11.4 Å². The largest absolute Gasteiger partial charge is 0.492 e. The molecule has 2 aromatic rings. The maximum atomic E-state index is 11.9. The first-order valence-corrected chi connectivity index (χ1v) is 9.36. The number of nitro benzene ring substituents is 1. The standard InChI is InChI=1S/C18H17Cl2N3O4S/c1-11-4-6-13(10-15(11)23(25)26)21-18(28)22-17(24)3-2-8-27-16-7-5-12(19)9-14(16)20/h4-7,9-10H,2-3,8H2,1H3,(H2,21,22,24,28). The molecule has 28 heavy (non-hydrogen) atoms. The lowest BCUT2D eigenvalue weighted by Gasteiger charge is -2.11. The van der Waals surface area contributed by atoms with E-state index in [0.717, 1.165) is 0 Å². The molecule has 0 radical (unpaired) electrons. The van der Waals surface area contributed by atoms with Crippen molar-refractivity contribution >= 4 is 57.8 Å². The van der Waals surface area contributed by atoms with Crippen LogP contribution in [-0.2, 0) is 4.79 Å². The van der Waals surface area contributed by atoms with E-state index in [1.54, 1.807) is 37.3 Å². The molecular formula is C18H17Cl2N3O4S. The molecule has 0 fully saturated rings. The number of nitrogens with one attached hydrogen (secondary N) is 2. The van der Waals surface area contributed by atoms with Crippen molar-refractivity contribution in [3.63, 3.8) is 0 Å². The van der Waals surface area contributed by atoms with Gasteiger partial charge < -0.3 is 15.4 Å². The van der Waals surface area contributed by atoms with Crippen LogP contribution in [0.5, 0.6) is 5.75 Å². The number of thiocarbonyl (C=S) groups is 1. The number of carbonyl (C=O) groups is 1. The van der Waals surface area contributed by atoms with Crippen molar-refractivity contribution in [3.8, 4) is 5.75 Å². The predicted molar refractivity (Wildman–Crippen MR) is 113 cm³/mol. The molecule has 0 aliphatic heterocycles. The number of halogens is 2. The molecule has 0 spiro atoms. The summed E-state index contributed by atoms with van der Waals surface area (Å²) in [7, 11) is 0. The predicted octanol–water partition coefficient (Wildman–Crippen LogP) is 4.88. The summed E-state index contributed by atoms with van der Waals surface area (Å²) in [6.07, 6.45) is 0.629. The van der Waals surface area contributed by atoms with Crippen LogP contribution in [0.1, 0.15) is 18.4 Å². The molecule has 10 heteroatoms. The zero-order valence-corrected chi connectivity index (χ0v) is 17.2. The van der Waals surface area contributed by atoms with E-state index in [0.29, 0.717) is 40.1 Å². The lowest BCUT2D eigenvalue weighted by molar-refractivity contribution is -0.385. The Hall–Kier alpha value is -2.42. The number of nitro groups is 1. The molecule has 0 saturated heterocycles. The van der Waals surface area contributed by atoms with Gasteiger partial charge in [-0.2, -0.15) is 0 Å². The van der Waals surface area contributed by atoms with Crippen molar-refractivity contribution in [2.45, 2.75) is 19.8 Å². The van der Waals surface area contributed by atoms with E-state index in [2.05, 4.69) is 10.6 Å². The van der Waals surface area contributed by atoms with Crippen LogP contribution in [0.25, 0.3) is 0 Å². The van der Waals surface area contributed by atoms with Crippen molar-refractivity contribution in [2.24, 2.45) is 0 Å². The lowest BCUT2D eigenvalue weighted by Crippen LogP contribution is -2.34. The number of rotatable bonds is 7. The first kappa shape index (κ1) is 21.9. The Morgan fingerprint density at radius 2 is 2.00 bits per heavy atom. The monoisotopic (exact) mass is 441 g/mol. The summed E-state index contributed by atoms with van der Waals surface area (Å²) in [5.74, 6) is 0.189. The van der Waals surface area contributed by atoms with Crippen LogP contribution in [0, 0.1) is 17.0 Å². The molecule has 0 heterocycles. The van der Waals surface area contributed by atoms with Crippen LogP contribution >= 0.6 is 35.4 Å². The van der Waals surface area contributed by atoms with Crippen molar-refractivity contribution in [1.82, 2.24) is 5.32 Å². The summed E-state index contributed by atoms with van der Waals surface area (Å²) in [6, 6.07) is 9.50. The minimum atomic E-state index is -0.477. The van der Waals surface area contributed by atoms with Gasteiger partial charge in [0.1, 0.15) is 5.75 Å². The second-order valence-electron chi connectivity index (χ2n) is 5.79. The third-order valence-electron chi connectivity index (χ3n) is 3.62. The molecule has 2 aromatic carbocycles. The first-order chi connectivity index (χ1) is 13.3. The molecule has 2 rings (SSSR count). The molecule has 0 bridgehead atoms. The number of ether oxygens (including phenoxy) is 1. The third-order valence-corrected chi connectivity index (χ3v) is 4.35. The van der Waals surface area contributed by atoms with Crippen LogP contribution in [0.2, 0.25) is 10.0 Å². The molecule has 0 atom stereocenters. The van der Waals surface area contributed by atoms with Crippen LogP contribution in [0.15, 0.2) is 36.4 Å². The Balaban J connectivity index is 1.76. The highest BCUT2D eigenvalue weighted by Crippen LogP contribution is 2.27. The van der Waals surface area contributed by atoms with Crippen LogP contribution in [0.3, 0.4) is 0 Å². The molecule has 0 aliphatic rings. The van der Waals surface area contributed by atoms with Gasteiger partial charge in [0.25, 0.3) is 5.69 Å². The first-order valence-electron chi connectivity index (χ1n) is 8.20. The van der Waals surface area contributed by atoms with Crippen molar-refractivity contribution in [3.05, 3.63) is 62.1 Å². The number of carbonyl (C=O) groups excluding carboxylic acids is 1. The normalized spacial score (nSPS) is 10.2. The van der Waals surface area contributed by atoms with Gasteiger partial charge in [-0.25, -0.2) is 0 Å². The highest BCUT2D eigenvalue weighted by Gasteiger charge is 2.12. The maximum Gasteiger partial charge on any atom is 0.274 e. The maximum absolute atomic E-state index is 11.9. The summed E-state index contributed by atoms with van der Waals surface area (Å²) >= 11 is 16.9. The Morgan fingerprint density at radius 1 is 1.25 bits per heavy atom. The van der Waals surface area contributed by atoms with E-state index < -0.39 is 4.92 Å². The second-order valence-corrected chi connectivity index (χ2v) is 7.04. The number of amides is 1. The van der Waals surface area contributed by atoms with Gasteiger partial charge in [-0.3, -0.25) is 14.9 Å². The number of anilines is 1. The average Bonchev–Trinajstić information content (AvgIpc) is 2.61. The van der Waals surface area contributed by atoms with E-state index in [4.69, 9.17) is 40.2 Å². The summed E-state index contributed by atoms with van der Waals surface area (Å²) in [4.78, 5) is 22.4. The molecule has 1 amide bonds. The Kier molecular flexibility index (Phi) is 7.98. The fraction of sp³-hybridized carbons (Fsp3) is 0.222. The molecule has 7 nitrogen and oxygen atoms in total. The highest BCUT2D eigenvalue weighted by molar-refractivity contribution is 7.80. The minimum absolute atomic E-state index is 0.0304. The summed E-state index contributed by atoms with van der Waals surface area (Å²) < 4.78 is 5.51. The Morgan fingerprint density at radius 3 is 2.68 bits per heavy atom. The molecule has 0 aliphatic carbocycles. The minimum Gasteiger partial charge on any atom is -0.492 e. The number of hydrogen-bond acceptors (Lipinski definition) is 5. The quantitative estimate of drug-likeness (QED) is 0.275. The van der Waals surface area contributed by atoms with Crippen molar-refractivity contribution in [2.75, 3.05) is 11.9 Å². The van der Waals surface area contributed by atoms with Gasteiger partial charge in [0.05, 0.1) is 16.6 Å². The van der Waals surface area contributed by atoms with Gasteiger partial charge in [0, 0.05) is 28.8 Å². The van der Waals surface area contributed by atoms with Gasteiger partial charge in [0.2, 0.25) is 5.91 Å². The summed E-state index contributed by atoms with van der Waals surface area (Å²) in [5.41, 5.74) is 0.923. The molecule has 2 N–H and O–H groups in total. The molecule has 0 unspecified atom stereocenters. The van der Waals surface area contributed by atoms with Gasteiger partial charge >= 0.3 is 0 Å². The number of aryl methyl sites for hydroxylation is 1. The zero-order valence-electron chi connectivity index (χ0n) is 14.8. The highest BCUT2D eigenvalue weighted by atomic mass is 35.5. The van der Waals surface area contributed by atoms with E-state index in [9.17, 15) is 14.9 Å². The second kappa shape index (κ2) is 10.2. The SMILES string of the molecule is Cc1ccc(NC(=S)NC(=O)CCCOc2ccc(Cl)cc2Cl)cc1[N+](=O)[O-]. The van der Waals surface area contributed by atoms with Crippen LogP contribution < -0.4 is 15.4 Å². The summed E-state index contributed by atoms with van der Waals surface area (Å²) in [6.45, 7) is 1.93. The van der Waals surface area contributed by atoms with Gasteiger partial charge in [-0.1, -0.05) is 29.3 Å². The fourth-order valence-electron chi connectivity index (χ4n) is 2.24. The third kappa shape index (κ3) is 6.63. The average molecular weight is 442 g/mol. The van der Waals surface area contributed by atoms with Crippen molar-refractivity contribution < 1.29 is 14.5 Å². The molecular weight excluding hydrogens is 425 g/mol. The summed E-state index contributed by atoms with van der Waals surface area (Å²) in [5, 5.41) is 17.2. The van der Waals surface area contributed by atoms with Gasteiger partial charge in [-0.05, 0) is 49.8 Å². The van der Waals surface area contributed by atoms with Crippen molar-refractivity contribution in [1.29, 1.82) is 0 Å². The molecule has 0 saturated carbocycles. The topological polar surface area (TPSA) is 93.5 Å². The number of benzene rings is 2. The molecule has 0 aromatic heterocycles. The van der Waals surface area contributed by atoms with Gasteiger partial charge in [0.15, 0.2) is 5.11 Å².